The summed E-state index contributed by atoms with van der Waals surface area (Å²) in [4.78, 5) is 12.5. The number of nitrogens with one attached hydrogen (secondary N) is 1. The van der Waals surface area contributed by atoms with Crippen molar-refractivity contribution in [3.05, 3.63) is 82.9 Å². The number of ether oxygens (including phenoxy) is 2. The molecule has 0 aromatic heterocycles. The quantitative estimate of drug-likeness (QED) is 0.507. The van der Waals surface area contributed by atoms with Crippen LogP contribution in [0.4, 0.5) is 11.4 Å². The molecule has 6 nitrogen and oxygen atoms in total. The van der Waals surface area contributed by atoms with Crippen LogP contribution >= 0.6 is 11.8 Å². The van der Waals surface area contributed by atoms with Crippen LogP contribution < -0.4 is 21.5 Å². The molecule has 2 aliphatic heterocycles. The van der Waals surface area contributed by atoms with E-state index in [4.69, 9.17) is 20.9 Å². The first-order chi connectivity index (χ1) is 15.5. The molecule has 164 valence electrons. The molecule has 0 bridgehead atoms. The van der Waals surface area contributed by atoms with E-state index >= 15 is 0 Å². The van der Waals surface area contributed by atoms with Crippen molar-refractivity contribution in [1.82, 2.24) is 0 Å². The molecule has 2 aliphatic rings. The zero-order valence-electron chi connectivity index (χ0n) is 17.8. The molecule has 5 rings (SSSR count). The third kappa shape index (κ3) is 3.33. The summed E-state index contributed by atoms with van der Waals surface area (Å²) in [6, 6.07) is 19.0. The predicted octanol–water partition coefficient (Wildman–Crippen LogP) is 4.22. The second kappa shape index (κ2) is 8.16. The maximum Gasteiger partial charge on any atom is 0.241 e. The second-order valence-electron chi connectivity index (χ2n) is 8.07. The van der Waals surface area contributed by atoms with Crippen molar-refractivity contribution in [2.24, 2.45) is 5.73 Å². The lowest BCUT2D eigenvalue weighted by Crippen LogP contribution is -2.36. The first-order valence-electron chi connectivity index (χ1n) is 10.5. The first kappa shape index (κ1) is 20.9. The molecule has 0 saturated carbocycles. The highest BCUT2D eigenvalue weighted by molar-refractivity contribution is 7.98. The van der Waals surface area contributed by atoms with Crippen LogP contribution in [0, 0.1) is 0 Å². The van der Waals surface area contributed by atoms with Crippen LogP contribution in [-0.4, -0.2) is 24.0 Å². The fraction of sp³-hybridized carbons (Fsp3) is 0.240. The summed E-state index contributed by atoms with van der Waals surface area (Å²) in [7, 11) is 0. The Hall–Kier alpha value is -3.00. The molecule has 0 fully saturated rings. The van der Waals surface area contributed by atoms with Gasteiger partial charge in [-0.25, -0.2) is 0 Å². The molecule has 3 aromatic rings. The molecule has 1 amide bonds. The van der Waals surface area contributed by atoms with E-state index in [2.05, 4.69) is 17.4 Å². The summed E-state index contributed by atoms with van der Waals surface area (Å²) in [5, 5.41) is 2.92. The fourth-order valence-corrected chi connectivity index (χ4v) is 4.95. The van der Waals surface area contributed by atoms with Crippen molar-refractivity contribution < 1.29 is 14.3 Å². The summed E-state index contributed by atoms with van der Waals surface area (Å²) in [5.41, 5.74) is 16.6. The summed E-state index contributed by atoms with van der Waals surface area (Å²) >= 11 is 1.67. The van der Waals surface area contributed by atoms with Crippen molar-refractivity contribution in [2.45, 2.75) is 24.7 Å². The van der Waals surface area contributed by atoms with Gasteiger partial charge in [-0.05, 0) is 53.8 Å². The molecule has 0 radical (unpaired) electrons. The summed E-state index contributed by atoms with van der Waals surface area (Å²) in [6.07, 6.45) is 2.62. The zero-order valence-corrected chi connectivity index (χ0v) is 18.6. The van der Waals surface area contributed by atoms with Crippen LogP contribution in [0.15, 0.2) is 60.7 Å². The maximum atomic E-state index is 12.5. The standard InChI is InChI=1S/C25H25N3O3S/c1-32-11-10-21(27)24(29)28-17-7-9-20-23(13-17)31-22-12-16(26)6-8-19(22)25(20)18-5-3-2-4-15(18)14-30-25/h2-9,12-13,21H,10-11,14,26-27H2,1H3,(H,28,29)/t21-,25?/m0/s1. The number of carbonyl (C=O) groups excluding carboxylic acids is 1. The van der Waals surface area contributed by atoms with E-state index < -0.39 is 11.6 Å². The van der Waals surface area contributed by atoms with Crippen LogP contribution in [-0.2, 0) is 21.7 Å². The van der Waals surface area contributed by atoms with Crippen molar-refractivity contribution in [2.75, 3.05) is 23.1 Å². The highest BCUT2D eigenvalue weighted by Crippen LogP contribution is 2.56. The van der Waals surface area contributed by atoms with E-state index in [1.54, 1.807) is 11.8 Å². The SMILES string of the molecule is CSCC[C@H](N)C(=O)Nc1ccc2c(c1)Oc1cc(N)ccc1C21OCc2ccccc21. The number of nitrogen functional groups attached to an aromatic ring is 1. The number of benzene rings is 3. The largest absolute Gasteiger partial charge is 0.456 e. The van der Waals surface area contributed by atoms with Crippen molar-refractivity contribution >= 4 is 29.0 Å². The van der Waals surface area contributed by atoms with Crippen LogP contribution in [0.5, 0.6) is 11.5 Å². The lowest BCUT2D eigenvalue weighted by atomic mass is 9.77. The average Bonchev–Trinajstić information content (AvgIpc) is 3.17. The molecule has 1 spiro atoms. The highest BCUT2D eigenvalue weighted by atomic mass is 32.2. The number of hydrogen-bond acceptors (Lipinski definition) is 6. The van der Waals surface area contributed by atoms with Gasteiger partial charge < -0.3 is 26.3 Å². The monoisotopic (exact) mass is 447 g/mol. The number of amides is 1. The number of hydrogen-bond donors (Lipinski definition) is 3. The molecular formula is C25H25N3O3S. The van der Waals surface area contributed by atoms with Gasteiger partial charge in [-0.15, -0.1) is 0 Å². The van der Waals surface area contributed by atoms with E-state index in [9.17, 15) is 4.79 Å². The van der Waals surface area contributed by atoms with Crippen molar-refractivity contribution in [3.63, 3.8) is 0 Å². The van der Waals surface area contributed by atoms with Gasteiger partial charge in [0.1, 0.15) is 11.5 Å². The molecule has 2 heterocycles. The minimum Gasteiger partial charge on any atom is -0.456 e. The topological polar surface area (TPSA) is 99.6 Å². The highest BCUT2D eigenvalue weighted by Gasteiger charge is 2.49. The van der Waals surface area contributed by atoms with Gasteiger partial charge in [0.2, 0.25) is 5.91 Å². The number of anilines is 2. The van der Waals surface area contributed by atoms with E-state index in [1.807, 2.05) is 54.8 Å². The van der Waals surface area contributed by atoms with Gasteiger partial charge in [-0.2, -0.15) is 11.8 Å². The molecule has 7 heteroatoms. The molecule has 3 aromatic carbocycles. The normalized spacial score (nSPS) is 18.9. The number of carbonyl (C=O) groups is 1. The summed E-state index contributed by atoms with van der Waals surface area (Å²) in [5.74, 6) is 1.89. The van der Waals surface area contributed by atoms with Gasteiger partial charge in [0.25, 0.3) is 0 Å². The minimum absolute atomic E-state index is 0.211. The van der Waals surface area contributed by atoms with E-state index in [-0.39, 0.29) is 5.91 Å². The van der Waals surface area contributed by atoms with Gasteiger partial charge >= 0.3 is 0 Å². The third-order valence-electron chi connectivity index (χ3n) is 6.04. The number of thioether (sulfide) groups is 1. The van der Waals surface area contributed by atoms with Gasteiger partial charge in [-0.1, -0.05) is 24.3 Å². The van der Waals surface area contributed by atoms with Crippen LogP contribution in [0.25, 0.3) is 0 Å². The molecule has 2 atom stereocenters. The molecule has 5 N–H and O–H groups in total. The lowest BCUT2D eigenvalue weighted by Gasteiger charge is -2.37. The van der Waals surface area contributed by atoms with Crippen LogP contribution in [0.2, 0.25) is 0 Å². The second-order valence-corrected chi connectivity index (χ2v) is 9.06. The number of nitrogens with two attached hydrogens (primary N) is 2. The molecule has 1 unspecified atom stereocenters. The number of fused-ring (bicyclic) bond motifs is 6. The first-order valence-corrected chi connectivity index (χ1v) is 11.9. The van der Waals surface area contributed by atoms with E-state index in [1.165, 1.54) is 0 Å². The van der Waals surface area contributed by atoms with Gasteiger partial charge in [0.15, 0.2) is 5.60 Å². The Labute approximate surface area is 191 Å². The van der Waals surface area contributed by atoms with Crippen molar-refractivity contribution in [3.8, 4) is 11.5 Å². The minimum atomic E-state index is -0.787. The van der Waals surface area contributed by atoms with E-state index in [0.29, 0.717) is 35.9 Å². The molecule has 32 heavy (non-hydrogen) atoms. The molecule has 0 aliphatic carbocycles. The Morgan fingerprint density at radius 1 is 1.09 bits per heavy atom. The van der Waals surface area contributed by atoms with Crippen LogP contribution in [0.3, 0.4) is 0 Å². The molecular weight excluding hydrogens is 422 g/mol. The Morgan fingerprint density at radius 3 is 2.66 bits per heavy atom. The maximum absolute atomic E-state index is 12.5. The predicted molar refractivity (Wildman–Crippen MR) is 128 cm³/mol. The Balaban J connectivity index is 1.57. The van der Waals surface area contributed by atoms with Gasteiger partial charge in [-0.3, -0.25) is 4.79 Å². The third-order valence-corrected chi connectivity index (χ3v) is 6.69. The van der Waals surface area contributed by atoms with Gasteiger partial charge in [0, 0.05) is 34.6 Å². The van der Waals surface area contributed by atoms with Crippen LogP contribution in [0.1, 0.15) is 28.7 Å². The molecule has 0 saturated heterocycles. The smallest absolute Gasteiger partial charge is 0.241 e. The Morgan fingerprint density at radius 2 is 1.84 bits per heavy atom. The summed E-state index contributed by atoms with van der Waals surface area (Å²) in [6.45, 7) is 0.502. The van der Waals surface area contributed by atoms with E-state index in [0.717, 1.165) is 28.0 Å². The average molecular weight is 448 g/mol. The summed E-state index contributed by atoms with van der Waals surface area (Å²) < 4.78 is 12.8. The fourth-order valence-electron chi connectivity index (χ4n) is 4.46. The van der Waals surface area contributed by atoms with Gasteiger partial charge in [0.05, 0.1) is 12.6 Å². The van der Waals surface area contributed by atoms with Crippen molar-refractivity contribution in [1.29, 1.82) is 0 Å². The lowest BCUT2D eigenvalue weighted by molar-refractivity contribution is -0.117. The number of rotatable bonds is 5. The Kier molecular flexibility index (Phi) is 5.33. The Bertz CT molecular complexity index is 1200. The zero-order chi connectivity index (χ0) is 22.3.